The molecule has 3 aromatic heterocycles. The number of carbonyl (C=O) groups excluding carboxylic acids is 1. The Morgan fingerprint density at radius 1 is 1.43 bits per heavy atom. The molecule has 6 nitrogen and oxygen atoms in total. The lowest BCUT2D eigenvalue weighted by atomic mass is 10.3. The third kappa shape index (κ3) is 2.42. The van der Waals surface area contributed by atoms with Gasteiger partial charge in [0.1, 0.15) is 11.4 Å². The minimum Gasteiger partial charge on any atom is -0.384 e. The Kier molecular flexibility index (Phi) is 3.26. The minimum absolute atomic E-state index is 0.0863. The van der Waals surface area contributed by atoms with E-state index in [9.17, 15) is 13.6 Å². The Balaban J connectivity index is 1.94. The number of nitrogens with two attached hydrogens (primary N) is 1. The Hall–Kier alpha value is -2.55. The van der Waals surface area contributed by atoms with Crippen LogP contribution in [0.2, 0.25) is 0 Å². The zero-order valence-electron chi connectivity index (χ0n) is 10.5. The molecule has 3 heterocycles. The largest absolute Gasteiger partial charge is 0.384 e. The van der Waals surface area contributed by atoms with Crippen molar-refractivity contribution in [1.82, 2.24) is 14.6 Å². The third-order valence-electron chi connectivity index (χ3n) is 2.78. The van der Waals surface area contributed by atoms with Crippen molar-refractivity contribution in [2.45, 2.75) is 6.43 Å². The first-order valence-electron chi connectivity index (χ1n) is 5.83. The molecule has 0 aliphatic carbocycles. The number of rotatable bonds is 3. The number of nitrogens with zero attached hydrogens (tertiary/aromatic N) is 3. The van der Waals surface area contributed by atoms with Crippen molar-refractivity contribution in [1.29, 1.82) is 0 Å². The van der Waals surface area contributed by atoms with Crippen LogP contribution in [0.15, 0.2) is 29.9 Å². The number of anilines is 2. The van der Waals surface area contributed by atoms with E-state index in [2.05, 4.69) is 15.4 Å². The zero-order valence-corrected chi connectivity index (χ0v) is 11.3. The van der Waals surface area contributed by atoms with Crippen LogP contribution in [0.1, 0.15) is 21.7 Å². The van der Waals surface area contributed by atoms with Gasteiger partial charge in [-0.3, -0.25) is 4.79 Å². The number of thiophene rings is 1. The molecule has 21 heavy (non-hydrogen) atoms. The van der Waals surface area contributed by atoms with Crippen LogP contribution in [0.3, 0.4) is 0 Å². The molecule has 0 aromatic carbocycles. The molecular formula is C12H9F2N5OS. The predicted molar refractivity (Wildman–Crippen MR) is 74.6 cm³/mol. The van der Waals surface area contributed by atoms with Crippen molar-refractivity contribution in [3.05, 3.63) is 40.3 Å². The van der Waals surface area contributed by atoms with Crippen molar-refractivity contribution in [3.8, 4) is 0 Å². The molecule has 9 heteroatoms. The lowest BCUT2D eigenvalue weighted by Gasteiger charge is -2.05. The van der Waals surface area contributed by atoms with E-state index in [-0.39, 0.29) is 27.6 Å². The molecule has 0 radical (unpaired) electrons. The van der Waals surface area contributed by atoms with Crippen molar-refractivity contribution in [2.24, 2.45) is 0 Å². The van der Waals surface area contributed by atoms with Gasteiger partial charge in [-0.25, -0.2) is 18.3 Å². The first-order chi connectivity index (χ1) is 10.1. The standard InChI is InChI=1S/C12H9F2N5OS/c13-10(14)9-7(2-4-21-9)17-12(20)6-5-16-19-3-1-8(15)18-11(6)19/h1-5,10H,(H2,15,18)(H,17,20). The molecular weight excluding hydrogens is 300 g/mol. The summed E-state index contributed by atoms with van der Waals surface area (Å²) in [5, 5.41) is 7.89. The highest BCUT2D eigenvalue weighted by Crippen LogP contribution is 2.32. The maximum atomic E-state index is 12.8. The average molecular weight is 309 g/mol. The van der Waals surface area contributed by atoms with Gasteiger partial charge < -0.3 is 11.1 Å². The maximum absolute atomic E-state index is 12.8. The van der Waals surface area contributed by atoms with Crippen molar-refractivity contribution in [3.63, 3.8) is 0 Å². The molecule has 0 aliphatic heterocycles. The number of hydrogen-bond acceptors (Lipinski definition) is 5. The average Bonchev–Trinajstić information content (AvgIpc) is 3.04. The van der Waals surface area contributed by atoms with E-state index < -0.39 is 12.3 Å². The summed E-state index contributed by atoms with van der Waals surface area (Å²) in [6.07, 6.45) is 0.229. The Bertz CT molecular complexity index is 813. The topological polar surface area (TPSA) is 85.3 Å². The molecule has 0 unspecified atom stereocenters. The fourth-order valence-electron chi connectivity index (χ4n) is 1.83. The number of halogens is 2. The first kappa shape index (κ1) is 13.4. The third-order valence-corrected chi connectivity index (χ3v) is 3.70. The highest BCUT2D eigenvalue weighted by atomic mass is 32.1. The normalized spacial score (nSPS) is 11.2. The SMILES string of the molecule is Nc1ccn2ncc(C(=O)Nc3ccsc3C(F)F)c2n1. The van der Waals surface area contributed by atoms with Crippen LogP contribution in [0.4, 0.5) is 20.3 Å². The van der Waals surface area contributed by atoms with Crippen LogP contribution in [0.25, 0.3) is 5.65 Å². The van der Waals surface area contributed by atoms with E-state index >= 15 is 0 Å². The van der Waals surface area contributed by atoms with Gasteiger partial charge in [0.2, 0.25) is 0 Å². The molecule has 1 amide bonds. The number of fused-ring (bicyclic) bond motifs is 1. The lowest BCUT2D eigenvalue weighted by molar-refractivity contribution is 0.102. The fourth-order valence-corrected chi connectivity index (χ4v) is 2.53. The summed E-state index contributed by atoms with van der Waals surface area (Å²) in [6, 6.07) is 2.97. The molecule has 0 saturated heterocycles. The summed E-state index contributed by atoms with van der Waals surface area (Å²) >= 11 is 0.882. The molecule has 0 fully saturated rings. The van der Waals surface area contributed by atoms with Crippen LogP contribution in [0.5, 0.6) is 0 Å². The molecule has 0 atom stereocenters. The van der Waals surface area contributed by atoms with Crippen molar-refractivity contribution in [2.75, 3.05) is 11.1 Å². The monoisotopic (exact) mass is 309 g/mol. The molecule has 0 bridgehead atoms. The quantitative estimate of drug-likeness (QED) is 0.778. The van der Waals surface area contributed by atoms with Gasteiger partial charge in [-0.1, -0.05) is 0 Å². The van der Waals surface area contributed by atoms with Gasteiger partial charge in [0.05, 0.1) is 16.8 Å². The number of amides is 1. The van der Waals surface area contributed by atoms with Gasteiger partial charge in [0.25, 0.3) is 12.3 Å². The molecule has 108 valence electrons. The number of aromatic nitrogens is 3. The Labute approximate surface area is 121 Å². The van der Waals surface area contributed by atoms with E-state index in [0.717, 1.165) is 11.3 Å². The Morgan fingerprint density at radius 3 is 3.00 bits per heavy atom. The number of alkyl halides is 2. The highest BCUT2D eigenvalue weighted by molar-refractivity contribution is 7.10. The van der Waals surface area contributed by atoms with Crippen molar-refractivity contribution < 1.29 is 13.6 Å². The molecule has 3 N–H and O–H groups in total. The molecule has 3 aromatic rings. The maximum Gasteiger partial charge on any atom is 0.274 e. The zero-order chi connectivity index (χ0) is 15.0. The summed E-state index contributed by atoms with van der Waals surface area (Å²) in [7, 11) is 0. The number of nitrogens with one attached hydrogen (secondary N) is 1. The van der Waals surface area contributed by atoms with Crippen LogP contribution in [0, 0.1) is 0 Å². The first-order valence-corrected chi connectivity index (χ1v) is 6.71. The summed E-state index contributed by atoms with van der Waals surface area (Å²) in [5.41, 5.74) is 6.08. The van der Waals surface area contributed by atoms with Gasteiger partial charge in [-0.2, -0.15) is 5.10 Å². The second-order valence-corrected chi connectivity index (χ2v) is 5.08. The Morgan fingerprint density at radius 2 is 2.24 bits per heavy atom. The van der Waals surface area contributed by atoms with Gasteiger partial charge in [-0.15, -0.1) is 11.3 Å². The smallest absolute Gasteiger partial charge is 0.274 e. The van der Waals surface area contributed by atoms with Crippen LogP contribution >= 0.6 is 11.3 Å². The van der Waals surface area contributed by atoms with E-state index in [1.807, 2.05) is 0 Å². The summed E-state index contributed by atoms with van der Waals surface area (Å²) in [4.78, 5) is 16.0. The lowest BCUT2D eigenvalue weighted by Crippen LogP contribution is -2.12. The summed E-state index contributed by atoms with van der Waals surface area (Å²) < 4.78 is 26.9. The van der Waals surface area contributed by atoms with Gasteiger partial charge in [0, 0.05) is 6.20 Å². The summed E-state index contributed by atoms with van der Waals surface area (Å²) in [6.45, 7) is 0. The number of nitrogen functional groups attached to an aromatic ring is 1. The second-order valence-electron chi connectivity index (χ2n) is 4.13. The van der Waals surface area contributed by atoms with Gasteiger partial charge in [0.15, 0.2) is 5.65 Å². The number of hydrogen-bond donors (Lipinski definition) is 2. The van der Waals surface area contributed by atoms with Gasteiger partial charge >= 0.3 is 0 Å². The second kappa shape index (κ2) is 5.09. The fraction of sp³-hybridized carbons (Fsp3) is 0.0833. The minimum atomic E-state index is -2.64. The van der Waals surface area contributed by atoms with E-state index in [1.54, 1.807) is 6.20 Å². The van der Waals surface area contributed by atoms with E-state index in [1.165, 1.54) is 28.2 Å². The van der Waals surface area contributed by atoms with E-state index in [4.69, 9.17) is 5.73 Å². The van der Waals surface area contributed by atoms with Crippen molar-refractivity contribution >= 4 is 34.4 Å². The molecule has 3 rings (SSSR count). The van der Waals surface area contributed by atoms with Crippen LogP contribution < -0.4 is 11.1 Å². The highest BCUT2D eigenvalue weighted by Gasteiger charge is 2.19. The number of carbonyl (C=O) groups is 1. The molecule has 0 saturated carbocycles. The molecule has 0 aliphatic rings. The van der Waals surface area contributed by atoms with Crippen LogP contribution in [-0.2, 0) is 0 Å². The predicted octanol–water partition coefficient (Wildman–Crippen LogP) is 2.56. The van der Waals surface area contributed by atoms with E-state index in [0.29, 0.717) is 0 Å². The molecule has 0 spiro atoms. The van der Waals surface area contributed by atoms with Crippen LogP contribution in [-0.4, -0.2) is 20.5 Å². The van der Waals surface area contributed by atoms with Gasteiger partial charge in [-0.05, 0) is 17.5 Å². The summed E-state index contributed by atoms with van der Waals surface area (Å²) in [5.74, 6) is -0.329.